The number of aryl methyl sites for hydroxylation is 1. The topological polar surface area (TPSA) is 81.9 Å². The standard InChI is InChI=1S/C22H20N2O5/c1-3-27-22(24-18(25)13-19(26)29-24)17-12-8-7-11-16(17)20-14(2)28-21(23-20)15-9-5-4-6-10-15/h4-12,22H,3,13H2,1-2H3. The van der Waals surface area contributed by atoms with Crippen LogP contribution in [0.5, 0.6) is 0 Å². The summed E-state index contributed by atoms with van der Waals surface area (Å²) in [4.78, 5) is 33.6. The highest BCUT2D eigenvalue weighted by Crippen LogP contribution is 2.36. The maximum atomic E-state index is 12.2. The molecule has 29 heavy (non-hydrogen) atoms. The molecule has 1 fully saturated rings. The van der Waals surface area contributed by atoms with E-state index in [1.165, 1.54) is 0 Å². The van der Waals surface area contributed by atoms with Gasteiger partial charge in [-0.1, -0.05) is 42.5 Å². The summed E-state index contributed by atoms with van der Waals surface area (Å²) >= 11 is 0. The third-order valence-corrected chi connectivity index (χ3v) is 4.58. The molecule has 0 N–H and O–H groups in total. The quantitative estimate of drug-likeness (QED) is 0.589. The second-order valence-corrected chi connectivity index (χ2v) is 6.54. The van der Waals surface area contributed by atoms with Crippen molar-refractivity contribution < 1.29 is 23.6 Å². The average molecular weight is 392 g/mol. The first-order valence-electron chi connectivity index (χ1n) is 9.35. The lowest BCUT2D eigenvalue weighted by Crippen LogP contribution is -2.31. The van der Waals surface area contributed by atoms with Crippen LogP contribution < -0.4 is 0 Å². The Labute approximate surface area is 167 Å². The molecule has 1 aliphatic heterocycles. The van der Waals surface area contributed by atoms with Crippen LogP contribution in [0, 0.1) is 6.92 Å². The molecule has 0 bridgehead atoms. The van der Waals surface area contributed by atoms with E-state index < -0.39 is 18.1 Å². The highest BCUT2D eigenvalue weighted by molar-refractivity contribution is 5.98. The van der Waals surface area contributed by atoms with E-state index in [9.17, 15) is 9.59 Å². The Morgan fingerprint density at radius 3 is 2.52 bits per heavy atom. The van der Waals surface area contributed by atoms with Crippen molar-refractivity contribution in [1.82, 2.24) is 10.0 Å². The van der Waals surface area contributed by atoms with E-state index in [1.54, 1.807) is 0 Å². The number of amides is 1. The van der Waals surface area contributed by atoms with Crippen LogP contribution in [0.15, 0.2) is 59.0 Å². The van der Waals surface area contributed by atoms with Gasteiger partial charge >= 0.3 is 5.97 Å². The van der Waals surface area contributed by atoms with Gasteiger partial charge in [0.15, 0.2) is 6.23 Å². The summed E-state index contributed by atoms with van der Waals surface area (Å²) in [6.07, 6.45) is -1.17. The van der Waals surface area contributed by atoms with E-state index in [-0.39, 0.29) is 6.42 Å². The van der Waals surface area contributed by atoms with Crippen LogP contribution >= 0.6 is 0 Å². The van der Waals surface area contributed by atoms with Gasteiger partial charge in [0.25, 0.3) is 5.91 Å². The monoisotopic (exact) mass is 392 g/mol. The van der Waals surface area contributed by atoms with Gasteiger partial charge in [0, 0.05) is 23.3 Å². The summed E-state index contributed by atoms with van der Waals surface area (Å²) in [7, 11) is 0. The fourth-order valence-electron chi connectivity index (χ4n) is 3.29. The van der Waals surface area contributed by atoms with E-state index in [4.69, 9.17) is 14.0 Å². The summed E-state index contributed by atoms with van der Waals surface area (Å²) in [6, 6.07) is 17.0. The summed E-state index contributed by atoms with van der Waals surface area (Å²) in [5, 5.41) is 0.998. The first-order chi connectivity index (χ1) is 14.1. The Balaban J connectivity index is 1.78. The molecule has 2 aromatic carbocycles. The number of ether oxygens (including phenoxy) is 1. The Hall–Kier alpha value is -3.45. The minimum absolute atomic E-state index is 0.299. The molecular formula is C22H20N2O5. The Kier molecular flexibility index (Phi) is 5.14. The van der Waals surface area contributed by atoms with E-state index >= 15 is 0 Å². The van der Waals surface area contributed by atoms with Crippen molar-refractivity contribution in [2.24, 2.45) is 0 Å². The average Bonchev–Trinajstić information content (AvgIpc) is 3.28. The second-order valence-electron chi connectivity index (χ2n) is 6.54. The zero-order chi connectivity index (χ0) is 20.4. The molecule has 1 aliphatic rings. The third kappa shape index (κ3) is 3.64. The van der Waals surface area contributed by atoms with Gasteiger partial charge in [-0.15, -0.1) is 5.06 Å². The van der Waals surface area contributed by atoms with Crippen molar-refractivity contribution in [1.29, 1.82) is 0 Å². The zero-order valence-corrected chi connectivity index (χ0v) is 16.1. The highest BCUT2D eigenvalue weighted by atomic mass is 16.8. The fraction of sp³-hybridized carbons (Fsp3) is 0.227. The van der Waals surface area contributed by atoms with Crippen molar-refractivity contribution in [3.63, 3.8) is 0 Å². The van der Waals surface area contributed by atoms with Crippen molar-refractivity contribution in [2.45, 2.75) is 26.5 Å². The first-order valence-corrected chi connectivity index (χ1v) is 9.35. The van der Waals surface area contributed by atoms with Crippen LogP contribution in [0.1, 0.15) is 30.9 Å². The van der Waals surface area contributed by atoms with Gasteiger partial charge in [0.1, 0.15) is 17.9 Å². The molecule has 7 heteroatoms. The minimum atomic E-state index is -0.869. The molecule has 4 rings (SSSR count). The number of carbonyl (C=O) groups is 2. The first kappa shape index (κ1) is 18.9. The van der Waals surface area contributed by atoms with Gasteiger partial charge < -0.3 is 14.0 Å². The number of oxazole rings is 1. The van der Waals surface area contributed by atoms with Gasteiger partial charge in [-0.2, -0.15) is 0 Å². The molecule has 1 amide bonds. The molecular weight excluding hydrogens is 372 g/mol. The van der Waals surface area contributed by atoms with E-state index in [0.717, 1.165) is 16.2 Å². The summed E-state index contributed by atoms with van der Waals surface area (Å²) in [6.45, 7) is 3.97. The smallest absolute Gasteiger partial charge is 0.342 e. The summed E-state index contributed by atoms with van der Waals surface area (Å²) in [5.41, 5.74) is 2.91. The number of hydroxylamine groups is 2. The van der Waals surface area contributed by atoms with Crippen molar-refractivity contribution in [3.8, 4) is 22.7 Å². The molecule has 0 radical (unpaired) electrons. The molecule has 2 heterocycles. The molecule has 1 unspecified atom stereocenters. The second kappa shape index (κ2) is 7.89. The molecule has 0 aliphatic carbocycles. The summed E-state index contributed by atoms with van der Waals surface area (Å²) in [5.74, 6) is 0.104. The number of benzene rings is 2. The van der Waals surface area contributed by atoms with Gasteiger partial charge in [-0.3, -0.25) is 4.79 Å². The molecule has 148 valence electrons. The van der Waals surface area contributed by atoms with Crippen LogP contribution in [0.2, 0.25) is 0 Å². The zero-order valence-electron chi connectivity index (χ0n) is 16.1. The van der Waals surface area contributed by atoms with Crippen LogP contribution in [0.4, 0.5) is 0 Å². The molecule has 0 saturated carbocycles. The maximum Gasteiger partial charge on any atom is 0.342 e. The Morgan fingerprint density at radius 1 is 1.10 bits per heavy atom. The van der Waals surface area contributed by atoms with Crippen LogP contribution in [-0.2, 0) is 19.2 Å². The van der Waals surface area contributed by atoms with Gasteiger partial charge in [-0.25, -0.2) is 9.78 Å². The predicted octanol–water partition coefficient (Wildman–Crippen LogP) is 4.04. The minimum Gasteiger partial charge on any atom is -0.441 e. The molecule has 1 aromatic heterocycles. The Bertz CT molecular complexity index is 1040. The van der Waals surface area contributed by atoms with Crippen molar-refractivity contribution >= 4 is 11.9 Å². The van der Waals surface area contributed by atoms with Crippen molar-refractivity contribution in [3.05, 3.63) is 65.9 Å². The van der Waals surface area contributed by atoms with Gasteiger partial charge in [0.05, 0.1) is 0 Å². The predicted molar refractivity (Wildman–Crippen MR) is 104 cm³/mol. The molecule has 7 nitrogen and oxygen atoms in total. The lowest BCUT2D eigenvalue weighted by atomic mass is 10.0. The van der Waals surface area contributed by atoms with E-state index in [0.29, 0.717) is 29.5 Å². The molecule has 0 spiro atoms. The maximum absolute atomic E-state index is 12.2. The number of nitrogens with zero attached hydrogens (tertiary/aromatic N) is 2. The largest absolute Gasteiger partial charge is 0.441 e. The van der Waals surface area contributed by atoms with E-state index in [1.807, 2.05) is 68.4 Å². The number of hydrogen-bond acceptors (Lipinski definition) is 6. The third-order valence-electron chi connectivity index (χ3n) is 4.58. The molecule has 1 saturated heterocycles. The number of carbonyl (C=O) groups excluding carboxylic acids is 2. The molecule has 1 atom stereocenters. The highest BCUT2D eigenvalue weighted by Gasteiger charge is 2.38. The molecule has 3 aromatic rings. The van der Waals surface area contributed by atoms with Crippen LogP contribution in [0.25, 0.3) is 22.7 Å². The summed E-state index contributed by atoms with van der Waals surface area (Å²) < 4.78 is 11.7. The van der Waals surface area contributed by atoms with E-state index in [2.05, 4.69) is 4.98 Å². The fourth-order valence-corrected chi connectivity index (χ4v) is 3.29. The normalized spacial score (nSPS) is 14.9. The van der Waals surface area contributed by atoms with Crippen molar-refractivity contribution in [2.75, 3.05) is 6.61 Å². The van der Waals surface area contributed by atoms with Gasteiger partial charge in [0.2, 0.25) is 5.89 Å². The Morgan fingerprint density at radius 2 is 1.83 bits per heavy atom. The lowest BCUT2D eigenvalue weighted by molar-refractivity contribution is -0.223. The van der Waals surface area contributed by atoms with Crippen LogP contribution in [0.3, 0.4) is 0 Å². The SMILES string of the molecule is CCOC(c1ccccc1-c1nc(-c2ccccc2)oc1C)N1OC(=O)CC1=O. The van der Waals surface area contributed by atoms with Gasteiger partial charge in [-0.05, 0) is 26.0 Å². The lowest BCUT2D eigenvalue weighted by Gasteiger charge is -2.26. The van der Waals surface area contributed by atoms with Crippen LogP contribution in [-0.4, -0.2) is 28.5 Å². The number of hydrogen-bond donors (Lipinski definition) is 0. The number of rotatable bonds is 6. The number of aromatic nitrogens is 1.